The Morgan fingerprint density at radius 1 is 1.43 bits per heavy atom. The Morgan fingerprint density at radius 2 is 2.14 bits per heavy atom. The number of carbonyl (C=O) groups excluding carboxylic acids is 1. The molecule has 2 rings (SSSR count). The van der Waals surface area contributed by atoms with E-state index in [-0.39, 0.29) is 5.91 Å². The van der Waals surface area contributed by atoms with Gasteiger partial charge in [0.05, 0.1) is 17.0 Å². The molecule has 1 aromatic rings. The standard InChI is InChI=1S/C16H23ClN2O2/c1-2-9-21-14-6-5-12(10-13(14)17)19-15(20)16(11-18)7-3-4-8-16/h5-6,10H,2-4,7-9,11,18H2,1H3,(H,19,20). The lowest BCUT2D eigenvalue weighted by Crippen LogP contribution is -2.40. The van der Waals surface area contributed by atoms with Crippen LogP contribution < -0.4 is 15.8 Å². The molecule has 0 spiro atoms. The van der Waals surface area contributed by atoms with Crippen LogP contribution in [-0.2, 0) is 4.79 Å². The van der Waals surface area contributed by atoms with E-state index < -0.39 is 5.41 Å². The first-order valence-corrected chi connectivity index (χ1v) is 7.93. The minimum Gasteiger partial charge on any atom is -0.492 e. The number of carbonyl (C=O) groups is 1. The van der Waals surface area contributed by atoms with Crippen LogP contribution in [0.4, 0.5) is 5.69 Å². The fourth-order valence-corrected chi connectivity index (χ4v) is 2.98. The Hall–Kier alpha value is -1.26. The minimum atomic E-state index is -0.413. The summed E-state index contributed by atoms with van der Waals surface area (Å²) in [6.45, 7) is 3.06. The van der Waals surface area contributed by atoms with Gasteiger partial charge in [-0.1, -0.05) is 31.4 Å². The van der Waals surface area contributed by atoms with E-state index >= 15 is 0 Å². The van der Waals surface area contributed by atoms with Gasteiger partial charge < -0.3 is 15.8 Å². The Kier molecular flexibility index (Phi) is 5.48. The molecular formula is C16H23ClN2O2. The van der Waals surface area contributed by atoms with Crippen molar-refractivity contribution in [1.82, 2.24) is 0 Å². The molecule has 1 saturated carbocycles. The predicted molar refractivity (Wildman–Crippen MR) is 85.8 cm³/mol. The summed E-state index contributed by atoms with van der Waals surface area (Å²) in [5.41, 5.74) is 6.10. The van der Waals surface area contributed by atoms with Crippen LogP contribution in [0.1, 0.15) is 39.0 Å². The molecular weight excluding hydrogens is 288 g/mol. The second-order valence-corrected chi connectivity index (χ2v) is 6.05. The number of halogens is 1. The van der Waals surface area contributed by atoms with E-state index in [1.54, 1.807) is 12.1 Å². The summed E-state index contributed by atoms with van der Waals surface area (Å²) in [7, 11) is 0. The summed E-state index contributed by atoms with van der Waals surface area (Å²) in [4.78, 5) is 12.5. The van der Waals surface area contributed by atoms with E-state index in [0.29, 0.717) is 29.6 Å². The molecule has 0 bridgehead atoms. The number of amides is 1. The van der Waals surface area contributed by atoms with Gasteiger partial charge in [0.15, 0.2) is 0 Å². The first-order chi connectivity index (χ1) is 10.1. The van der Waals surface area contributed by atoms with Gasteiger partial charge >= 0.3 is 0 Å². The van der Waals surface area contributed by atoms with Gasteiger partial charge in [-0.3, -0.25) is 4.79 Å². The highest BCUT2D eigenvalue weighted by molar-refractivity contribution is 6.32. The van der Waals surface area contributed by atoms with Crippen molar-refractivity contribution < 1.29 is 9.53 Å². The molecule has 0 saturated heterocycles. The molecule has 5 heteroatoms. The number of anilines is 1. The molecule has 0 aromatic heterocycles. The zero-order valence-corrected chi connectivity index (χ0v) is 13.2. The van der Waals surface area contributed by atoms with Crippen LogP contribution >= 0.6 is 11.6 Å². The lowest BCUT2D eigenvalue weighted by Gasteiger charge is -2.25. The molecule has 0 atom stereocenters. The number of hydrogen-bond acceptors (Lipinski definition) is 3. The van der Waals surface area contributed by atoms with Crippen LogP contribution in [0.2, 0.25) is 5.02 Å². The monoisotopic (exact) mass is 310 g/mol. The number of hydrogen-bond donors (Lipinski definition) is 2. The van der Waals surface area contributed by atoms with Gasteiger partial charge in [0.25, 0.3) is 0 Å². The number of nitrogens with one attached hydrogen (secondary N) is 1. The zero-order valence-electron chi connectivity index (χ0n) is 12.5. The van der Waals surface area contributed by atoms with Gasteiger partial charge in [0, 0.05) is 12.2 Å². The maximum atomic E-state index is 12.5. The van der Waals surface area contributed by atoms with E-state index in [4.69, 9.17) is 22.1 Å². The van der Waals surface area contributed by atoms with Gasteiger partial charge in [-0.05, 0) is 37.5 Å². The van der Waals surface area contributed by atoms with Crippen molar-refractivity contribution in [3.05, 3.63) is 23.2 Å². The quantitative estimate of drug-likeness (QED) is 0.844. The molecule has 116 valence electrons. The van der Waals surface area contributed by atoms with Crippen LogP contribution in [-0.4, -0.2) is 19.1 Å². The molecule has 21 heavy (non-hydrogen) atoms. The van der Waals surface area contributed by atoms with Gasteiger partial charge in [-0.2, -0.15) is 0 Å². The molecule has 1 aliphatic carbocycles. The highest BCUT2D eigenvalue weighted by Gasteiger charge is 2.39. The van der Waals surface area contributed by atoms with Crippen LogP contribution in [0.3, 0.4) is 0 Å². The third-order valence-corrected chi connectivity index (χ3v) is 4.38. The molecule has 1 aliphatic rings. The van der Waals surface area contributed by atoms with Crippen LogP contribution in [0, 0.1) is 5.41 Å². The Balaban J connectivity index is 2.05. The number of rotatable bonds is 6. The van der Waals surface area contributed by atoms with Crippen LogP contribution in [0.5, 0.6) is 5.75 Å². The van der Waals surface area contributed by atoms with Crippen LogP contribution in [0.15, 0.2) is 18.2 Å². The number of ether oxygens (including phenoxy) is 1. The highest BCUT2D eigenvalue weighted by Crippen LogP contribution is 2.38. The predicted octanol–water partition coefficient (Wildman–Crippen LogP) is 3.59. The van der Waals surface area contributed by atoms with E-state index in [9.17, 15) is 4.79 Å². The molecule has 0 radical (unpaired) electrons. The van der Waals surface area contributed by atoms with Crippen molar-refractivity contribution in [1.29, 1.82) is 0 Å². The van der Waals surface area contributed by atoms with Crippen molar-refractivity contribution in [3.63, 3.8) is 0 Å². The lowest BCUT2D eigenvalue weighted by molar-refractivity contribution is -0.124. The fraction of sp³-hybridized carbons (Fsp3) is 0.562. The van der Waals surface area contributed by atoms with Gasteiger partial charge in [0.1, 0.15) is 5.75 Å². The molecule has 4 nitrogen and oxygen atoms in total. The summed E-state index contributed by atoms with van der Waals surface area (Å²) in [5.74, 6) is 0.645. The average molecular weight is 311 g/mol. The van der Waals surface area contributed by atoms with Gasteiger partial charge in [0.2, 0.25) is 5.91 Å². The molecule has 1 aromatic carbocycles. The topological polar surface area (TPSA) is 64.3 Å². The first kappa shape index (κ1) is 16.1. The summed E-state index contributed by atoms with van der Waals surface area (Å²) < 4.78 is 5.52. The average Bonchev–Trinajstić information content (AvgIpc) is 2.96. The van der Waals surface area contributed by atoms with E-state index in [1.165, 1.54) is 0 Å². The van der Waals surface area contributed by atoms with Crippen molar-refractivity contribution in [2.24, 2.45) is 11.1 Å². The molecule has 0 heterocycles. The number of nitrogens with two attached hydrogens (primary N) is 1. The molecule has 1 fully saturated rings. The smallest absolute Gasteiger partial charge is 0.231 e. The van der Waals surface area contributed by atoms with E-state index in [2.05, 4.69) is 5.32 Å². The van der Waals surface area contributed by atoms with Crippen molar-refractivity contribution in [3.8, 4) is 5.75 Å². The van der Waals surface area contributed by atoms with Crippen molar-refractivity contribution in [2.75, 3.05) is 18.5 Å². The van der Waals surface area contributed by atoms with Crippen LogP contribution in [0.25, 0.3) is 0 Å². The Bertz CT molecular complexity index is 499. The zero-order chi connectivity index (χ0) is 15.3. The van der Waals surface area contributed by atoms with Crippen molar-refractivity contribution in [2.45, 2.75) is 39.0 Å². The third kappa shape index (κ3) is 3.69. The third-order valence-electron chi connectivity index (χ3n) is 4.08. The van der Waals surface area contributed by atoms with Gasteiger partial charge in [-0.15, -0.1) is 0 Å². The molecule has 3 N–H and O–H groups in total. The summed E-state index contributed by atoms with van der Waals surface area (Å²) in [5, 5.41) is 3.45. The largest absolute Gasteiger partial charge is 0.492 e. The normalized spacial score (nSPS) is 16.7. The number of benzene rings is 1. The van der Waals surface area contributed by atoms with E-state index in [1.807, 2.05) is 13.0 Å². The fourth-order valence-electron chi connectivity index (χ4n) is 2.75. The molecule has 1 amide bonds. The summed E-state index contributed by atoms with van der Waals surface area (Å²) in [6.07, 6.45) is 4.78. The first-order valence-electron chi connectivity index (χ1n) is 7.55. The van der Waals surface area contributed by atoms with Crippen molar-refractivity contribution >= 4 is 23.2 Å². The minimum absolute atomic E-state index is 0.000734. The van der Waals surface area contributed by atoms with Gasteiger partial charge in [-0.25, -0.2) is 0 Å². The second-order valence-electron chi connectivity index (χ2n) is 5.64. The summed E-state index contributed by atoms with van der Waals surface area (Å²) >= 11 is 6.18. The highest BCUT2D eigenvalue weighted by atomic mass is 35.5. The Morgan fingerprint density at radius 3 is 2.71 bits per heavy atom. The maximum absolute atomic E-state index is 12.5. The lowest BCUT2D eigenvalue weighted by atomic mass is 9.85. The SMILES string of the molecule is CCCOc1ccc(NC(=O)C2(CN)CCCC2)cc1Cl. The molecule has 0 aliphatic heterocycles. The maximum Gasteiger partial charge on any atom is 0.231 e. The summed E-state index contributed by atoms with van der Waals surface area (Å²) in [6, 6.07) is 5.33. The Labute approximate surface area is 131 Å². The molecule has 0 unspecified atom stereocenters. The second kappa shape index (κ2) is 7.14. The van der Waals surface area contributed by atoms with E-state index in [0.717, 1.165) is 32.1 Å².